The zero-order valence-corrected chi connectivity index (χ0v) is 19.6. The molecule has 1 aromatic carbocycles. The molecule has 0 amide bonds. The number of anilines is 2. The van der Waals surface area contributed by atoms with E-state index in [1.54, 1.807) is 33.8 Å². The van der Waals surface area contributed by atoms with Crippen molar-refractivity contribution in [1.82, 2.24) is 0 Å². The van der Waals surface area contributed by atoms with Crippen LogP contribution >= 0.6 is 23.6 Å². The highest BCUT2D eigenvalue weighted by atomic mass is 32.1. The molecule has 0 saturated carbocycles. The number of nitrogens with zero attached hydrogens (tertiary/aromatic N) is 1. The molecule has 0 aliphatic heterocycles. The Hall–Kier alpha value is -3.25. The first kappa shape index (κ1) is 25.0. The second-order valence-electron chi connectivity index (χ2n) is 6.15. The minimum Gasteiger partial charge on any atom is -0.494 e. The molecule has 32 heavy (non-hydrogen) atoms. The molecule has 0 aliphatic rings. The Balaban J connectivity index is 2.34. The maximum Gasteiger partial charge on any atom is 0.348 e. The van der Waals surface area contributed by atoms with E-state index in [1.165, 1.54) is 12.1 Å². The summed E-state index contributed by atoms with van der Waals surface area (Å²) in [6, 6.07) is 4.32. The smallest absolute Gasteiger partial charge is 0.348 e. The van der Waals surface area contributed by atoms with E-state index in [0.717, 1.165) is 11.3 Å². The maximum atomic E-state index is 12.5. The molecule has 172 valence electrons. The zero-order valence-electron chi connectivity index (χ0n) is 18.0. The largest absolute Gasteiger partial charge is 0.494 e. The van der Waals surface area contributed by atoms with Crippen LogP contribution in [0.5, 0.6) is 5.75 Å². The van der Waals surface area contributed by atoms with Gasteiger partial charge in [0.15, 0.2) is 5.11 Å². The minimum absolute atomic E-state index is 0.0144. The Bertz CT molecular complexity index is 1040. The SMILES string of the molecule is CCOC(=O)c1sc(NC(=S)Nc2ccc(OCC)cc2[N+](=O)[O-])c(C(=O)OCC)c1C. The summed E-state index contributed by atoms with van der Waals surface area (Å²) >= 11 is 6.27. The predicted molar refractivity (Wildman–Crippen MR) is 125 cm³/mol. The molecular formula is C20H23N3O7S2. The van der Waals surface area contributed by atoms with Crippen LogP contribution in [-0.4, -0.2) is 41.8 Å². The van der Waals surface area contributed by atoms with E-state index < -0.39 is 16.9 Å². The first-order valence-corrected chi connectivity index (χ1v) is 10.9. The molecule has 0 saturated heterocycles. The lowest BCUT2D eigenvalue weighted by Gasteiger charge is -2.12. The number of rotatable bonds is 9. The minimum atomic E-state index is -0.630. The Morgan fingerprint density at radius 3 is 2.34 bits per heavy atom. The molecular weight excluding hydrogens is 458 g/mol. The van der Waals surface area contributed by atoms with Crippen LogP contribution < -0.4 is 15.4 Å². The summed E-state index contributed by atoms with van der Waals surface area (Å²) in [7, 11) is 0. The van der Waals surface area contributed by atoms with E-state index >= 15 is 0 Å². The summed E-state index contributed by atoms with van der Waals surface area (Å²) in [5.41, 5.74) is 0.433. The highest BCUT2D eigenvalue weighted by Gasteiger charge is 2.27. The second kappa shape index (κ2) is 11.4. The van der Waals surface area contributed by atoms with E-state index in [9.17, 15) is 19.7 Å². The molecule has 0 unspecified atom stereocenters. The van der Waals surface area contributed by atoms with Crippen LogP contribution in [0.4, 0.5) is 16.4 Å². The number of esters is 2. The third-order valence-corrected chi connectivity index (χ3v) is 5.43. The quantitative estimate of drug-likeness (QED) is 0.228. The number of ether oxygens (including phenoxy) is 3. The Morgan fingerprint density at radius 1 is 1.09 bits per heavy atom. The molecule has 0 fully saturated rings. The lowest BCUT2D eigenvalue weighted by Crippen LogP contribution is -2.21. The molecule has 2 rings (SSSR count). The Kier molecular flexibility index (Phi) is 8.91. The fraction of sp³-hybridized carbons (Fsp3) is 0.350. The van der Waals surface area contributed by atoms with Crippen molar-refractivity contribution in [3.8, 4) is 5.75 Å². The van der Waals surface area contributed by atoms with E-state index in [2.05, 4.69) is 10.6 Å². The molecule has 1 heterocycles. The standard InChI is InChI=1S/C20H23N3O7S2/c1-5-28-12-8-9-13(14(10-12)23(26)27)21-20(31)22-17-15(18(24)29-6-2)11(4)16(32-17)19(25)30-7-3/h8-10H,5-7H2,1-4H3,(H2,21,22,31). The number of thiocarbonyl (C=S) groups is 1. The van der Waals surface area contributed by atoms with Gasteiger partial charge in [-0.2, -0.15) is 0 Å². The summed E-state index contributed by atoms with van der Waals surface area (Å²) in [5, 5.41) is 17.3. The average Bonchev–Trinajstić information content (AvgIpc) is 3.05. The van der Waals surface area contributed by atoms with Crippen molar-refractivity contribution in [3.63, 3.8) is 0 Å². The van der Waals surface area contributed by atoms with Gasteiger partial charge in [0, 0.05) is 0 Å². The van der Waals surface area contributed by atoms with Crippen molar-refractivity contribution < 1.29 is 28.7 Å². The maximum absolute atomic E-state index is 12.5. The van der Waals surface area contributed by atoms with Crippen LogP contribution in [0, 0.1) is 17.0 Å². The van der Waals surface area contributed by atoms with Crippen molar-refractivity contribution in [3.05, 3.63) is 44.3 Å². The fourth-order valence-corrected chi connectivity index (χ4v) is 4.09. The van der Waals surface area contributed by atoms with Crippen molar-refractivity contribution in [1.29, 1.82) is 0 Å². The van der Waals surface area contributed by atoms with Crippen molar-refractivity contribution in [2.24, 2.45) is 0 Å². The highest BCUT2D eigenvalue weighted by molar-refractivity contribution is 7.80. The molecule has 0 radical (unpaired) electrons. The number of hydrogen-bond donors (Lipinski definition) is 2. The molecule has 0 aliphatic carbocycles. The number of nitro benzene ring substituents is 1. The summed E-state index contributed by atoms with van der Waals surface area (Å²) < 4.78 is 15.4. The van der Waals surface area contributed by atoms with Gasteiger partial charge < -0.3 is 24.8 Å². The van der Waals surface area contributed by atoms with Crippen molar-refractivity contribution in [2.75, 3.05) is 30.5 Å². The van der Waals surface area contributed by atoms with Gasteiger partial charge in [0.25, 0.3) is 5.69 Å². The second-order valence-corrected chi connectivity index (χ2v) is 7.58. The number of thiophene rings is 1. The third-order valence-electron chi connectivity index (χ3n) is 4.04. The van der Waals surface area contributed by atoms with E-state index in [-0.39, 0.29) is 45.1 Å². The number of nitrogens with one attached hydrogen (secondary N) is 2. The topological polar surface area (TPSA) is 129 Å². The van der Waals surface area contributed by atoms with Crippen LogP contribution in [0.3, 0.4) is 0 Å². The summed E-state index contributed by atoms with van der Waals surface area (Å²) in [6.45, 7) is 7.39. The van der Waals surface area contributed by atoms with Crippen LogP contribution in [0.1, 0.15) is 46.4 Å². The summed E-state index contributed by atoms with van der Waals surface area (Å²) in [4.78, 5) is 35.9. The summed E-state index contributed by atoms with van der Waals surface area (Å²) in [6.07, 6.45) is 0. The van der Waals surface area contributed by atoms with E-state index in [0.29, 0.717) is 17.9 Å². The Morgan fingerprint density at radius 2 is 1.75 bits per heavy atom. The monoisotopic (exact) mass is 481 g/mol. The van der Waals surface area contributed by atoms with Gasteiger partial charge >= 0.3 is 11.9 Å². The highest BCUT2D eigenvalue weighted by Crippen LogP contribution is 2.35. The molecule has 0 spiro atoms. The number of benzene rings is 1. The van der Waals surface area contributed by atoms with Gasteiger partial charge in [-0.15, -0.1) is 11.3 Å². The van der Waals surface area contributed by atoms with E-state index in [1.807, 2.05) is 0 Å². The molecule has 10 nitrogen and oxygen atoms in total. The van der Waals surface area contributed by atoms with E-state index in [4.69, 9.17) is 26.4 Å². The van der Waals surface area contributed by atoms with Gasteiger partial charge in [0.05, 0.1) is 36.4 Å². The van der Waals surface area contributed by atoms with Gasteiger partial charge in [-0.25, -0.2) is 9.59 Å². The number of carbonyl (C=O) groups is 2. The molecule has 2 N–H and O–H groups in total. The van der Waals surface area contributed by atoms with Crippen LogP contribution in [0.2, 0.25) is 0 Å². The predicted octanol–water partition coefficient (Wildman–Crippen LogP) is 4.53. The van der Waals surface area contributed by atoms with Gasteiger partial charge in [-0.1, -0.05) is 0 Å². The third kappa shape index (κ3) is 5.92. The van der Waals surface area contributed by atoms with Crippen molar-refractivity contribution in [2.45, 2.75) is 27.7 Å². The number of carbonyl (C=O) groups excluding carboxylic acids is 2. The average molecular weight is 482 g/mol. The lowest BCUT2D eigenvalue weighted by atomic mass is 10.1. The van der Waals surface area contributed by atoms with Gasteiger partial charge in [-0.3, -0.25) is 10.1 Å². The number of nitro groups is 1. The van der Waals surface area contributed by atoms with Gasteiger partial charge in [-0.05, 0) is 57.6 Å². The lowest BCUT2D eigenvalue weighted by molar-refractivity contribution is -0.384. The zero-order chi connectivity index (χ0) is 23.8. The Labute approximate surface area is 194 Å². The van der Waals surface area contributed by atoms with Crippen LogP contribution in [0.15, 0.2) is 18.2 Å². The van der Waals surface area contributed by atoms with Crippen molar-refractivity contribution >= 4 is 57.0 Å². The van der Waals surface area contributed by atoms with Gasteiger partial charge in [0.1, 0.15) is 21.3 Å². The molecule has 1 aromatic heterocycles. The molecule has 12 heteroatoms. The fourth-order valence-electron chi connectivity index (χ4n) is 2.72. The molecule has 0 bridgehead atoms. The molecule has 0 atom stereocenters. The van der Waals surface area contributed by atoms with Crippen LogP contribution in [0.25, 0.3) is 0 Å². The normalized spacial score (nSPS) is 10.2. The first-order valence-electron chi connectivity index (χ1n) is 9.70. The molecule has 2 aromatic rings. The summed E-state index contributed by atoms with van der Waals surface area (Å²) in [5.74, 6) is -0.857. The number of hydrogen-bond acceptors (Lipinski definition) is 9. The first-order chi connectivity index (χ1) is 15.2. The van der Waals surface area contributed by atoms with Crippen LogP contribution in [-0.2, 0) is 9.47 Å². The van der Waals surface area contributed by atoms with Gasteiger partial charge in [0.2, 0.25) is 0 Å².